The van der Waals surface area contributed by atoms with Crippen molar-refractivity contribution in [2.24, 2.45) is 0 Å². The first-order valence-corrected chi connectivity index (χ1v) is 6.43. The van der Waals surface area contributed by atoms with Crippen LogP contribution in [0.3, 0.4) is 0 Å². The summed E-state index contributed by atoms with van der Waals surface area (Å²) in [4.78, 5) is 11.6. The van der Waals surface area contributed by atoms with Gasteiger partial charge < -0.3 is 10.1 Å². The Kier molecular flexibility index (Phi) is 4.82. The van der Waals surface area contributed by atoms with Gasteiger partial charge in [-0.3, -0.25) is 4.79 Å². The lowest BCUT2D eigenvalue weighted by Gasteiger charge is -2.08. The summed E-state index contributed by atoms with van der Waals surface area (Å²) in [6.07, 6.45) is 0. The van der Waals surface area contributed by atoms with Gasteiger partial charge in [0.25, 0.3) is 5.91 Å². The van der Waals surface area contributed by atoms with Gasteiger partial charge in [0.05, 0.1) is 0 Å². The van der Waals surface area contributed by atoms with Crippen molar-refractivity contribution in [2.75, 3.05) is 11.9 Å². The molecule has 6 heteroatoms. The van der Waals surface area contributed by atoms with E-state index in [1.54, 1.807) is 24.3 Å². The number of carbonyl (C=O) groups is 1. The third-order valence-corrected chi connectivity index (χ3v) is 2.75. The molecule has 0 heterocycles. The van der Waals surface area contributed by atoms with Crippen LogP contribution >= 0.6 is 23.2 Å². The lowest BCUT2D eigenvalue weighted by atomic mass is 10.3. The molecule has 0 saturated heterocycles. The Labute approximate surface area is 125 Å². The number of hydrogen-bond acceptors (Lipinski definition) is 2. The monoisotopic (exact) mass is 313 g/mol. The van der Waals surface area contributed by atoms with Crippen molar-refractivity contribution in [3.05, 3.63) is 58.3 Å². The largest absolute Gasteiger partial charge is 0.484 e. The van der Waals surface area contributed by atoms with Gasteiger partial charge in [0.15, 0.2) is 6.61 Å². The lowest BCUT2D eigenvalue weighted by molar-refractivity contribution is -0.118. The Bertz CT molecular complexity index is 614. The first kappa shape index (κ1) is 14.6. The second-order valence-corrected chi connectivity index (χ2v) is 4.83. The standard InChI is InChI=1S/C14H10Cl2FNO2/c15-9-4-10(16)6-13(5-9)20-8-14(19)18-12-3-1-2-11(17)7-12/h1-7H,8H2,(H,18,19). The van der Waals surface area contributed by atoms with Crippen LogP contribution in [-0.4, -0.2) is 12.5 Å². The minimum Gasteiger partial charge on any atom is -0.484 e. The number of hydrogen-bond donors (Lipinski definition) is 1. The van der Waals surface area contributed by atoms with E-state index in [4.69, 9.17) is 27.9 Å². The highest BCUT2D eigenvalue weighted by Crippen LogP contribution is 2.24. The molecule has 2 aromatic rings. The van der Waals surface area contributed by atoms with Crippen LogP contribution in [-0.2, 0) is 4.79 Å². The molecule has 0 spiro atoms. The third-order valence-electron chi connectivity index (χ3n) is 2.31. The van der Waals surface area contributed by atoms with Crippen molar-refractivity contribution >= 4 is 34.8 Å². The van der Waals surface area contributed by atoms with E-state index in [-0.39, 0.29) is 6.61 Å². The number of ether oxygens (including phenoxy) is 1. The molecule has 0 saturated carbocycles. The van der Waals surface area contributed by atoms with Crippen molar-refractivity contribution in [1.29, 1.82) is 0 Å². The maximum Gasteiger partial charge on any atom is 0.262 e. The number of nitrogens with one attached hydrogen (secondary N) is 1. The van der Waals surface area contributed by atoms with Gasteiger partial charge in [-0.2, -0.15) is 0 Å². The molecule has 1 N–H and O–H groups in total. The summed E-state index contributed by atoms with van der Waals surface area (Å²) in [6, 6.07) is 10.2. The van der Waals surface area contributed by atoms with E-state index >= 15 is 0 Å². The van der Waals surface area contributed by atoms with Crippen LogP contribution in [0.15, 0.2) is 42.5 Å². The summed E-state index contributed by atoms with van der Waals surface area (Å²) in [5.74, 6) is -0.450. The molecular formula is C14H10Cl2FNO2. The molecule has 3 nitrogen and oxygen atoms in total. The van der Waals surface area contributed by atoms with E-state index in [0.717, 1.165) is 0 Å². The zero-order chi connectivity index (χ0) is 14.5. The molecule has 0 unspecified atom stereocenters. The van der Waals surface area contributed by atoms with Crippen LogP contribution < -0.4 is 10.1 Å². The molecular weight excluding hydrogens is 304 g/mol. The highest BCUT2D eigenvalue weighted by atomic mass is 35.5. The zero-order valence-electron chi connectivity index (χ0n) is 10.2. The van der Waals surface area contributed by atoms with Crippen molar-refractivity contribution in [3.8, 4) is 5.75 Å². The molecule has 0 aliphatic heterocycles. The zero-order valence-corrected chi connectivity index (χ0v) is 11.7. The molecule has 0 aromatic heterocycles. The quantitative estimate of drug-likeness (QED) is 0.920. The van der Waals surface area contributed by atoms with Gasteiger partial charge in [-0.15, -0.1) is 0 Å². The molecule has 1 amide bonds. The summed E-state index contributed by atoms with van der Waals surface area (Å²) in [5.41, 5.74) is 0.364. The summed E-state index contributed by atoms with van der Waals surface area (Å²) < 4.78 is 18.2. The van der Waals surface area contributed by atoms with Crippen molar-refractivity contribution in [1.82, 2.24) is 0 Å². The van der Waals surface area contributed by atoms with Crippen molar-refractivity contribution in [3.63, 3.8) is 0 Å². The molecule has 0 bridgehead atoms. The highest BCUT2D eigenvalue weighted by Gasteiger charge is 2.05. The van der Waals surface area contributed by atoms with Gasteiger partial charge in [-0.25, -0.2) is 4.39 Å². The van der Waals surface area contributed by atoms with E-state index in [9.17, 15) is 9.18 Å². The second kappa shape index (κ2) is 6.59. The van der Waals surface area contributed by atoms with E-state index < -0.39 is 11.7 Å². The fourth-order valence-corrected chi connectivity index (χ4v) is 2.03. The normalized spacial score (nSPS) is 10.2. The number of anilines is 1. The molecule has 20 heavy (non-hydrogen) atoms. The average Bonchev–Trinajstić information content (AvgIpc) is 2.35. The van der Waals surface area contributed by atoms with Crippen LogP contribution in [0.4, 0.5) is 10.1 Å². The fourth-order valence-electron chi connectivity index (χ4n) is 1.52. The van der Waals surface area contributed by atoms with E-state index in [1.807, 2.05) is 0 Å². The summed E-state index contributed by atoms with van der Waals surface area (Å²) >= 11 is 11.6. The SMILES string of the molecule is O=C(COc1cc(Cl)cc(Cl)c1)Nc1cccc(F)c1. The Morgan fingerprint density at radius 1 is 1.15 bits per heavy atom. The Balaban J connectivity index is 1.92. The number of amides is 1. The second-order valence-electron chi connectivity index (χ2n) is 3.95. The van der Waals surface area contributed by atoms with E-state index in [1.165, 1.54) is 18.2 Å². The van der Waals surface area contributed by atoms with Crippen molar-refractivity contribution < 1.29 is 13.9 Å². The lowest BCUT2D eigenvalue weighted by Crippen LogP contribution is -2.20. The predicted molar refractivity (Wildman–Crippen MR) is 77.0 cm³/mol. The summed E-state index contributed by atoms with van der Waals surface area (Å²) in [5, 5.41) is 3.34. The summed E-state index contributed by atoms with van der Waals surface area (Å²) in [7, 11) is 0. The molecule has 0 aliphatic rings. The molecule has 0 radical (unpaired) electrons. The number of rotatable bonds is 4. The Hall–Kier alpha value is -1.78. The molecule has 0 aliphatic carbocycles. The number of benzene rings is 2. The maximum atomic E-state index is 12.9. The molecule has 2 rings (SSSR count). The molecule has 2 aromatic carbocycles. The minimum absolute atomic E-state index is 0.229. The number of carbonyl (C=O) groups excluding carboxylic acids is 1. The topological polar surface area (TPSA) is 38.3 Å². The first-order chi connectivity index (χ1) is 9.52. The van der Waals surface area contributed by atoms with Gasteiger partial charge in [0.1, 0.15) is 11.6 Å². The smallest absolute Gasteiger partial charge is 0.262 e. The van der Waals surface area contributed by atoms with Crippen molar-refractivity contribution in [2.45, 2.75) is 0 Å². The van der Waals surface area contributed by atoms with Crippen LogP contribution in [0.2, 0.25) is 10.0 Å². The van der Waals surface area contributed by atoms with Gasteiger partial charge in [-0.05, 0) is 36.4 Å². The van der Waals surface area contributed by atoms with Gasteiger partial charge >= 0.3 is 0 Å². The van der Waals surface area contributed by atoms with Crippen LogP contribution in [0.1, 0.15) is 0 Å². The Morgan fingerprint density at radius 2 is 1.85 bits per heavy atom. The number of halogens is 3. The van der Waals surface area contributed by atoms with E-state index in [2.05, 4.69) is 5.32 Å². The molecule has 0 fully saturated rings. The van der Waals surface area contributed by atoms with Gasteiger partial charge in [0, 0.05) is 15.7 Å². The average molecular weight is 314 g/mol. The highest BCUT2D eigenvalue weighted by molar-refractivity contribution is 6.34. The van der Waals surface area contributed by atoms with E-state index in [0.29, 0.717) is 21.5 Å². The third kappa shape index (κ3) is 4.40. The minimum atomic E-state index is -0.426. The van der Waals surface area contributed by atoms with Gasteiger partial charge in [0.2, 0.25) is 0 Å². The summed E-state index contributed by atoms with van der Waals surface area (Å²) in [6.45, 7) is -0.229. The van der Waals surface area contributed by atoms with Gasteiger partial charge in [-0.1, -0.05) is 29.3 Å². The van der Waals surface area contributed by atoms with Crippen LogP contribution in [0.5, 0.6) is 5.75 Å². The Morgan fingerprint density at radius 3 is 2.50 bits per heavy atom. The fraction of sp³-hybridized carbons (Fsp3) is 0.0714. The van der Waals surface area contributed by atoms with Crippen LogP contribution in [0, 0.1) is 5.82 Å². The molecule has 104 valence electrons. The molecule has 0 atom stereocenters. The maximum absolute atomic E-state index is 12.9. The predicted octanol–water partition coefficient (Wildman–Crippen LogP) is 4.15. The first-order valence-electron chi connectivity index (χ1n) is 5.67. The van der Waals surface area contributed by atoms with Crippen LogP contribution in [0.25, 0.3) is 0 Å².